The second-order valence-electron chi connectivity index (χ2n) is 2.70. The predicted molar refractivity (Wildman–Crippen MR) is 74.8 cm³/mol. The van der Waals surface area contributed by atoms with E-state index in [1.54, 1.807) is 22.7 Å². The van der Waals surface area contributed by atoms with Gasteiger partial charge in [-0.25, -0.2) is 0 Å². The van der Waals surface area contributed by atoms with Crippen molar-refractivity contribution in [3.05, 3.63) is 41.6 Å². The maximum Gasteiger partial charge on any atom is 0.0757 e. The van der Waals surface area contributed by atoms with Gasteiger partial charge in [-0.3, -0.25) is 0 Å². The minimum Gasteiger partial charge on any atom is -0.152 e. The van der Waals surface area contributed by atoms with E-state index in [2.05, 4.69) is 70.7 Å². The number of hydrogen-bond acceptors (Lipinski definition) is 2. The standard InChI is InChI=1S/C9H5Br3S2/c10-7-3-6(9(12)14-7)8(11)5-1-2-13-4-5/h1-4,8H. The van der Waals surface area contributed by atoms with Gasteiger partial charge in [0.25, 0.3) is 0 Å². The van der Waals surface area contributed by atoms with Crippen molar-refractivity contribution in [1.29, 1.82) is 0 Å². The SMILES string of the molecule is Brc1cc(C(Br)c2ccsc2)c(Br)s1. The van der Waals surface area contributed by atoms with Gasteiger partial charge in [0.05, 0.1) is 12.4 Å². The van der Waals surface area contributed by atoms with Gasteiger partial charge in [0, 0.05) is 0 Å². The van der Waals surface area contributed by atoms with Gasteiger partial charge in [0.2, 0.25) is 0 Å². The highest BCUT2D eigenvalue weighted by Crippen LogP contribution is 2.42. The van der Waals surface area contributed by atoms with E-state index >= 15 is 0 Å². The summed E-state index contributed by atoms with van der Waals surface area (Å²) in [5.41, 5.74) is 2.58. The molecule has 0 radical (unpaired) electrons. The van der Waals surface area contributed by atoms with Crippen molar-refractivity contribution >= 4 is 70.5 Å². The van der Waals surface area contributed by atoms with Crippen LogP contribution >= 0.6 is 70.5 Å². The summed E-state index contributed by atoms with van der Waals surface area (Å²) in [5, 5.41) is 4.26. The Kier molecular flexibility index (Phi) is 3.87. The molecule has 0 aliphatic heterocycles. The minimum atomic E-state index is 0.283. The fourth-order valence-corrected chi connectivity index (χ4v) is 5.99. The van der Waals surface area contributed by atoms with E-state index in [1.807, 2.05) is 0 Å². The summed E-state index contributed by atoms with van der Waals surface area (Å²) in [4.78, 5) is 0.283. The zero-order chi connectivity index (χ0) is 10.1. The lowest BCUT2D eigenvalue weighted by atomic mass is 10.1. The van der Waals surface area contributed by atoms with Crippen LogP contribution in [-0.4, -0.2) is 0 Å². The molecule has 0 aromatic carbocycles. The van der Waals surface area contributed by atoms with Crippen LogP contribution < -0.4 is 0 Å². The fourth-order valence-electron chi connectivity index (χ4n) is 1.12. The zero-order valence-corrected chi connectivity index (χ0v) is 13.2. The summed E-state index contributed by atoms with van der Waals surface area (Å²) in [6.07, 6.45) is 0. The van der Waals surface area contributed by atoms with Crippen molar-refractivity contribution in [3.63, 3.8) is 0 Å². The molecule has 0 spiro atoms. The molecule has 2 rings (SSSR count). The third-order valence-electron chi connectivity index (χ3n) is 1.79. The molecule has 0 aliphatic rings. The first-order valence-corrected chi connectivity index (χ1v) is 8.05. The number of hydrogen-bond donors (Lipinski definition) is 0. The molecule has 0 nitrogen and oxygen atoms in total. The van der Waals surface area contributed by atoms with E-state index in [9.17, 15) is 0 Å². The Morgan fingerprint density at radius 3 is 2.57 bits per heavy atom. The van der Waals surface area contributed by atoms with Crippen molar-refractivity contribution in [1.82, 2.24) is 0 Å². The normalized spacial score (nSPS) is 13.1. The lowest BCUT2D eigenvalue weighted by Crippen LogP contribution is -1.87. The van der Waals surface area contributed by atoms with Crippen molar-refractivity contribution in [3.8, 4) is 0 Å². The Hall–Kier alpha value is 0.840. The molecule has 1 atom stereocenters. The van der Waals surface area contributed by atoms with Crippen LogP contribution in [0, 0.1) is 0 Å². The summed E-state index contributed by atoms with van der Waals surface area (Å²) in [5.74, 6) is 0. The van der Waals surface area contributed by atoms with Crippen LogP contribution in [0.15, 0.2) is 30.5 Å². The third kappa shape index (κ3) is 2.32. The molecule has 0 aliphatic carbocycles. The fraction of sp³-hybridized carbons (Fsp3) is 0.111. The number of alkyl halides is 1. The van der Waals surface area contributed by atoms with Crippen molar-refractivity contribution in [2.45, 2.75) is 4.83 Å². The molecule has 74 valence electrons. The van der Waals surface area contributed by atoms with Gasteiger partial charge in [-0.05, 0) is 65.9 Å². The molecule has 14 heavy (non-hydrogen) atoms. The number of thiophene rings is 2. The number of rotatable bonds is 2. The van der Waals surface area contributed by atoms with Gasteiger partial charge in [-0.15, -0.1) is 11.3 Å². The molecule has 0 N–H and O–H groups in total. The van der Waals surface area contributed by atoms with Crippen molar-refractivity contribution in [2.75, 3.05) is 0 Å². The average molecular weight is 417 g/mol. The predicted octanol–water partition coefficient (Wildman–Crippen LogP) is 5.82. The molecule has 0 bridgehead atoms. The van der Waals surface area contributed by atoms with E-state index in [1.165, 1.54) is 14.9 Å². The molecule has 0 amide bonds. The quantitative estimate of drug-likeness (QED) is 0.541. The first-order chi connectivity index (χ1) is 6.68. The highest BCUT2D eigenvalue weighted by atomic mass is 79.9. The molecular weight excluding hydrogens is 412 g/mol. The van der Waals surface area contributed by atoms with Crippen molar-refractivity contribution in [2.24, 2.45) is 0 Å². The highest BCUT2D eigenvalue weighted by molar-refractivity contribution is 9.12. The summed E-state index contributed by atoms with van der Waals surface area (Å²) < 4.78 is 2.33. The number of halogens is 3. The van der Waals surface area contributed by atoms with Crippen molar-refractivity contribution < 1.29 is 0 Å². The maximum absolute atomic E-state index is 3.70. The van der Waals surface area contributed by atoms with E-state index in [0.29, 0.717) is 0 Å². The smallest absolute Gasteiger partial charge is 0.0757 e. The van der Waals surface area contributed by atoms with E-state index in [4.69, 9.17) is 0 Å². The summed E-state index contributed by atoms with van der Waals surface area (Å²) in [6, 6.07) is 4.29. The zero-order valence-electron chi connectivity index (χ0n) is 6.84. The topological polar surface area (TPSA) is 0 Å². The van der Waals surface area contributed by atoms with Gasteiger partial charge in [-0.1, -0.05) is 15.9 Å². The maximum atomic E-state index is 3.70. The largest absolute Gasteiger partial charge is 0.152 e. The van der Waals surface area contributed by atoms with Crippen LogP contribution in [-0.2, 0) is 0 Å². The minimum absolute atomic E-state index is 0.283. The Bertz CT molecular complexity index is 419. The van der Waals surface area contributed by atoms with E-state index < -0.39 is 0 Å². The van der Waals surface area contributed by atoms with Gasteiger partial charge < -0.3 is 0 Å². The molecule has 2 aromatic heterocycles. The lowest BCUT2D eigenvalue weighted by molar-refractivity contribution is 1.20. The Morgan fingerprint density at radius 1 is 1.29 bits per heavy atom. The molecule has 1 unspecified atom stereocenters. The molecule has 5 heteroatoms. The van der Waals surface area contributed by atoms with Crippen LogP contribution in [0.25, 0.3) is 0 Å². The monoisotopic (exact) mass is 414 g/mol. The van der Waals surface area contributed by atoms with Crippen LogP contribution in [0.3, 0.4) is 0 Å². The Labute approximate surface area is 116 Å². The molecular formula is C9H5Br3S2. The van der Waals surface area contributed by atoms with E-state index in [-0.39, 0.29) is 4.83 Å². The summed E-state index contributed by atoms with van der Waals surface area (Å²) >= 11 is 14.2. The molecule has 2 heterocycles. The van der Waals surface area contributed by atoms with Crippen LogP contribution in [0.2, 0.25) is 0 Å². The second-order valence-corrected chi connectivity index (χ2v) is 8.14. The molecule has 0 saturated carbocycles. The van der Waals surface area contributed by atoms with Gasteiger partial charge in [0.1, 0.15) is 0 Å². The molecule has 2 aromatic rings. The van der Waals surface area contributed by atoms with Gasteiger partial charge in [0.15, 0.2) is 0 Å². The Balaban J connectivity index is 2.36. The van der Waals surface area contributed by atoms with Crippen LogP contribution in [0.4, 0.5) is 0 Å². The second kappa shape index (κ2) is 4.78. The summed E-state index contributed by atoms with van der Waals surface area (Å²) in [6.45, 7) is 0. The van der Waals surface area contributed by atoms with Crippen LogP contribution in [0.1, 0.15) is 16.0 Å². The highest BCUT2D eigenvalue weighted by Gasteiger charge is 2.16. The lowest BCUT2D eigenvalue weighted by Gasteiger charge is -2.05. The van der Waals surface area contributed by atoms with Gasteiger partial charge >= 0.3 is 0 Å². The van der Waals surface area contributed by atoms with Gasteiger partial charge in [-0.2, -0.15) is 11.3 Å². The molecule has 0 saturated heterocycles. The molecule has 0 fully saturated rings. The summed E-state index contributed by atoms with van der Waals surface area (Å²) in [7, 11) is 0. The first-order valence-electron chi connectivity index (χ1n) is 3.79. The first kappa shape index (κ1) is 11.3. The average Bonchev–Trinajstić information content (AvgIpc) is 2.73. The third-order valence-corrected chi connectivity index (χ3v) is 5.90. The Morgan fingerprint density at radius 2 is 2.07 bits per heavy atom. The van der Waals surface area contributed by atoms with Crippen LogP contribution in [0.5, 0.6) is 0 Å². The van der Waals surface area contributed by atoms with E-state index in [0.717, 1.165) is 3.79 Å².